The fourth-order valence-electron chi connectivity index (χ4n) is 8.69. The summed E-state index contributed by atoms with van der Waals surface area (Å²) in [4.78, 5) is 3.74. The molecule has 0 aliphatic rings. The van der Waals surface area contributed by atoms with E-state index < -0.39 is 0 Å². The Labute approximate surface area is 316 Å². The summed E-state index contributed by atoms with van der Waals surface area (Å²) >= 11 is 0. The lowest BCUT2D eigenvalue weighted by Gasteiger charge is -2.13. The van der Waals surface area contributed by atoms with E-state index in [0.717, 1.165) is 77.4 Å². The topological polar surface area (TPSA) is 42.9 Å². The third-order valence-corrected chi connectivity index (χ3v) is 11.1. The summed E-state index contributed by atoms with van der Waals surface area (Å²) in [6.45, 7) is 7.68. The van der Waals surface area contributed by atoms with Gasteiger partial charge in [0.1, 0.15) is 0 Å². The highest BCUT2D eigenvalue weighted by Gasteiger charge is 2.18. The van der Waals surface area contributed by atoms with Crippen molar-refractivity contribution in [2.45, 2.75) is 0 Å². The molecule has 0 saturated carbocycles. The van der Waals surface area contributed by atoms with E-state index in [2.05, 4.69) is 182 Å². The van der Waals surface area contributed by atoms with Crippen LogP contribution in [-0.4, -0.2) is 13.7 Å². The molecule has 0 saturated heterocycles. The lowest BCUT2D eigenvalue weighted by Crippen LogP contribution is -1.97. The maximum Gasteiger partial charge on any atom is 0.189 e. The Hall–Kier alpha value is -7.86. The van der Waals surface area contributed by atoms with Gasteiger partial charge in [-0.25, -0.2) is 4.85 Å². The molecule has 0 bridgehead atoms. The molecule has 5 nitrogen and oxygen atoms in total. The minimum atomic E-state index is 0.624. The van der Waals surface area contributed by atoms with Crippen LogP contribution in [0, 0.1) is 17.9 Å². The van der Waals surface area contributed by atoms with Crippen molar-refractivity contribution in [2.75, 3.05) is 0 Å². The van der Waals surface area contributed by atoms with Gasteiger partial charge in [-0.1, -0.05) is 103 Å². The van der Waals surface area contributed by atoms with E-state index in [9.17, 15) is 5.26 Å². The fraction of sp³-hybridized carbons (Fsp3) is 0. The first-order chi connectivity index (χ1) is 27.2. The van der Waals surface area contributed by atoms with Crippen molar-refractivity contribution >= 4 is 71.1 Å². The molecule has 11 rings (SSSR count). The zero-order chi connectivity index (χ0) is 36.6. The van der Waals surface area contributed by atoms with Crippen molar-refractivity contribution in [3.05, 3.63) is 193 Å². The molecule has 0 radical (unpaired) electrons. The highest BCUT2D eigenvalue weighted by Crippen LogP contribution is 2.39. The van der Waals surface area contributed by atoms with E-state index in [1.807, 2.05) is 18.2 Å². The zero-order valence-corrected chi connectivity index (χ0v) is 29.5. The molecule has 8 aromatic carbocycles. The Morgan fingerprint density at radius 2 is 0.855 bits per heavy atom. The van der Waals surface area contributed by atoms with Gasteiger partial charge in [-0.15, -0.1) is 0 Å². The average Bonchev–Trinajstić information content (AvgIpc) is 3.88. The Balaban J connectivity index is 1.02. The van der Waals surface area contributed by atoms with Crippen LogP contribution >= 0.6 is 0 Å². The molecule has 11 aromatic rings. The monoisotopic (exact) mass is 699 g/mol. The third-order valence-electron chi connectivity index (χ3n) is 11.1. The van der Waals surface area contributed by atoms with E-state index in [1.165, 1.54) is 16.2 Å². The van der Waals surface area contributed by atoms with Crippen LogP contribution in [0.15, 0.2) is 176 Å². The molecular weight excluding hydrogens is 671 g/mol. The van der Waals surface area contributed by atoms with Crippen LogP contribution in [0.5, 0.6) is 0 Å². The van der Waals surface area contributed by atoms with Crippen LogP contribution in [-0.2, 0) is 0 Å². The molecule has 0 amide bonds. The molecule has 254 valence electrons. The number of benzene rings is 8. The number of aromatic nitrogens is 3. The molecule has 0 spiro atoms. The van der Waals surface area contributed by atoms with Crippen LogP contribution < -0.4 is 0 Å². The fourth-order valence-corrected chi connectivity index (χ4v) is 8.69. The van der Waals surface area contributed by atoms with Crippen molar-refractivity contribution in [3.63, 3.8) is 0 Å². The predicted molar refractivity (Wildman–Crippen MR) is 226 cm³/mol. The quantitative estimate of drug-likeness (QED) is 0.169. The Morgan fingerprint density at radius 3 is 1.44 bits per heavy atom. The summed E-state index contributed by atoms with van der Waals surface area (Å²) in [5, 5.41) is 17.4. The summed E-state index contributed by atoms with van der Waals surface area (Å²) in [7, 11) is 0. The lowest BCUT2D eigenvalue weighted by molar-refractivity contribution is 1.16. The Morgan fingerprint density at radius 1 is 0.400 bits per heavy atom. The molecule has 3 heterocycles. The molecule has 0 fully saturated rings. The second kappa shape index (κ2) is 11.8. The Kier molecular flexibility index (Phi) is 6.61. The summed E-state index contributed by atoms with van der Waals surface area (Å²) in [5.41, 5.74) is 12.8. The highest BCUT2D eigenvalue weighted by molar-refractivity contribution is 6.13. The largest absolute Gasteiger partial charge is 0.310 e. The van der Waals surface area contributed by atoms with E-state index in [4.69, 9.17) is 6.57 Å². The minimum Gasteiger partial charge on any atom is -0.310 e. The van der Waals surface area contributed by atoms with Crippen LogP contribution in [0.1, 0.15) is 5.56 Å². The van der Waals surface area contributed by atoms with Gasteiger partial charge < -0.3 is 13.7 Å². The van der Waals surface area contributed by atoms with Gasteiger partial charge in [-0.3, -0.25) is 0 Å². The molecule has 0 aliphatic carbocycles. The second-order valence-corrected chi connectivity index (χ2v) is 14.0. The van der Waals surface area contributed by atoms with Gasteiger partial charge in [0, 0.05) is 54.9 Å². The Bertz CT molecular complexity index is 3400. The van der Waals surface area contributed by atoms with Crippen molar-refractivity contribution in [3.8, 4) is 34.3 Å². The SMILES string of the molecule is [C-]#[N+]c1ccc2c3ccccc3n(-c3ccc4c(c3)c3ccccc3n4-c3ccc(-c4ccc(-n5c6ccccc6c6ccccc65)cc4C#N)cc3)c2c1. The second-order valence-electron chi connectivity index (χ2n) is 14.0. The molecule has 0 N–H and O–H groups in total. The molecule has 0 unspecified atom stereocenters. The minimum absolute atomic E-state index is 0.624. The third kappa shape index (κ3) is 4.51. The number of nitrogens with zero attached hydrogens (tertiary/aromatic N) is 5. The number of nitriles is 1. The predicted octanol–water partition coefficient (Wildman–Crippen LogP) is 13.1. The van der Waals surface area contributed by atoms with E-state index >= 15 is 0 Å². The zero-order valence-electron chi connectivity index (χ0n) is 29.5. The average molecular weight is 700 g/mol. The van der Waals surface area contributed by atoms with Crippen molar-refractivity contribution < 1.29 is 0 Å². The summed E-state index contributed by atoms with van der Waals surface area (Å²) < 4.78 is 6.84. The molecule has 0 aliphatic heterocycles. The number of rotatable bonds is 4. The first-order valence-corrected chi connectivity index (χ1v) is 18.3. The highest BCUT2D eigenvalue weighted by atomic mass is 15.0. The van der Waals surface area contributed by atoms with Gasteiger partial charge in [0.15, 0.2) is 5.69 Å². The van der Waals surface area contributed by atoms with Crippen LogP contribution in [0.4, 0.5) is 5.69 Å². The number of para-hydroxylation sites is 4. The standard InChI is InChI=1S/C50H29N5/c1-52-34-20-25-43-41-12-4-8-16-47(41)55(50(43)29-34)37-24-27-49-44(30-37)42-13-5-9-17-48(42)53(49)35-21-18-32(19-22-35)38-26-23-36(28-33(38)31-51)54-45-14-6-2-10-39(45)40-11-3-7-15-46(40)54/h2-30H. The van der Waals surface area contributed by atoms with Gasteiger partial charge in [-0.2, -0.15) is 5.26 Å². The van der Waals surface area contributed by atoms with Crippen LogP contribution in [0.25, 0.3) is 98.5 Å². The van der Waals surface area contributed by atoms with Crippen molar-refractivity contribution in [1.29, 1.82) is 5.26 Å². The molecule has 3 aromatic heterocycles. The summed E-state index contributed by atoms with van der Waals surface area (Å²) in [6.07, 6.45) is 0. The van der Waals surface area contributed by atoms with Gasteiger partial charge in [0.25, 0.3) is 0 Å². The normalized spacial score (nSPS) is 11.6. The van der Waals surface area contributed by atoms with Gasteiger partial charge in [0.2, 0.25) is 0 Å². The van der Waals surface area contributed by atoms with Gasteiger partial charge in [-0.05, 0) is 83.9 Å². The van der Waals surface area contributed by atoms with Gasteiger partial charge >= 0.3 is 0 Å². The maximum absolute atomic E-state index is 10.4. The van der Waals surface area contributed by atoms with E-state index in [1.54, 1.807) is 0 Å². The van der Waals surface area contributed by atoms with Gasteiger partial charge in [0.05, 0.1) is 45.8 Å². The van der Waals surface area contributed by atoms with Crippen LogP contribution in [0.3, 0.4) is 0 Å². The summed E-state index contributed by atoms with van der Waals surface area (Å²) in [5.74, 6) is 0. The lowest BCUT2D eigenvalue weighted by atomic mass is 9.99. The molecular formula is C50H29N5. The number of fused-ring (bicyclic) bond motifs is 9. The van der Waals surface area contributed by atoms with Crippen molar-refractivity contribution in [1.82, 2.24) is 13.7 Å². The molecule has 55 heavy (non-hydrogen) atoms. The molecule has 0 atom stereocenters. The summed E-state index contributed by atoms with van der Waals surface area (Å²) in [6, 6.07) is 63.7. The molecule has 5 heteroatoms. The maximum atomic E-state index is 10.4. The smallest absolute Gasteiger partial charge is 0.189 e. The first-order valence-electron chi connectivity index (χ1n) is 18.3. The van der Waals surface area contributed by atoms with Crippen LogP contribution in [0.2, 0.25) is 0 Å². The van der Waals surface area contributed by atoms with E-state index in [0.29, 0.717) is 11.3 Å². The first kappa shape index (κ1) is 30.7. The van der Waals surface area contributed by atoms with Crippen molar-refractivity contribution in [2.24, 2.45) is 0 Å². The number of hydrogen-bond donors (Lipinski definition) is 0. The van der Waals surface area contributed by atoms with E-state index in [-0.39, 0.29) is 0 Å². The number of hydrogen-bond acceptors (Lipinski definition) is 1.